The van der Waals surface area contributed by atoms with Crippen LogP contribution in [0.5, 0.6) is 0 Å². The maximum Gasteiger partial charge on any atom is 0.0594 e. The Hall–Kier alpha value is -1.72. The zero-order valence-electron chi connectivity index (χ0n) is 16.0. The van der Waals surface area contributed by atoms with Crippen LogP contribution < -0.4 is 0 Å². The van der Waals surface area contributed by atoms with Crippen LogP contribution >= 0.6 is 0 Å². The number of likely N-dealkylation sites (tertiary alicyclic amines) is 1. The van der Waals surface area contributed by atoms with Crippen LogP contribution in [-0.4, -0.2) is 67.5 Å². The molecule has 4 heteroatoms. The monoisotopic (exact) mass is 366 g/mol. The topological polar surface area (TPSA) is 35.9 Å². The molecule has 144 valence electrons. The van der Waals surface area contributed by atoms with Crippen molar-refractivity contribution in [3.8, 4) is 11.1 Å². The molecule has 1 N–H and O–H groups in total. The maximum absolute atomic E-state index is 9.84. The minimum atomic E-state index is 0.290. The fourth-order valence-electron chi connectivity index (χ4n) is 4.39. The van der Waals surface area contributed by atoms with E-state index in [1.807, 2.05) is 0 Å². The van der Waals surface area contributed by atoms with Crippen molar-refractivity contribution >= 4 is 0 Å². The Morgan fingerprint density at radius 2 is 1.48 bits per heavy atom. The predicted molar refractivity (Wildman–Crippen MR) is 108 cm³/mol. The lowest BCUT2D eigenvalue weighted by Gasteiger charge is -2.30. The van der Waals surface area contributed by atoms with Gasteiger partial charge in [-0.3, -0.25) is 9.80 Å². The molecule has 0 amide bonds. The molecule has 0 bridgehead atoms. The van der Waals surface area contributed by atoms with Gasteiger partial charge in [-0.15, -0.1) is 0 Å². The van der Waals surface area contributed by atoms with Gasteiger partial charge < -0.3 is 9.84 Å². The average Bonchev–Trinajstić information content (AvgIpc) is 3.11. The van der Waals surface area contributed by atoms with Crippen LogP contribution in [0.2, 0.25) is 0 Å². The Morgan fingerprint density at radius 3 is 2.19 bits per heavy atom. The van der Waals surface area contributed by atoms with Crippen molar-refractivity contribution in [2.45, 2.75) is 6.54 Å². The van der Waals surface area contributed by atoms with Gasteiger partial charge in [0, 0.05) is 45.9 Å². The highest BCUT2D eigenvalue weighted by Crippen LogP contribution is 2.27. The summed E-state index contributed by atoms with van der Waals surface area (Å²) in [6.07, 6.45) is 0. The summed E-state index contributed by atoms with van der Waals surface area (Å²) >= 11 is 0. The lowest BCUT2D eigenvalue weighted by Crippen LogP contribution is -2.41. The molecule has 27 heavy (non-hydrogen) atoms. The number of morpholine rings is 1. The second-order valence-electron chi connectivity index (χ2n) is 7.87. The smallest absolute Gasteiger partial charge is 0.0594 e. The largest absolute Gasteiger partial charge is 0.396 e. The molecule has 0 saturated carbocycles. The molecule has 2 aliphatic heterocycles. The van der Waals surface area contributed by atoms with Gasteiger partial charge in [0.15, 0.2) is 0 Å². The first-order chi connectivity index (χ1) is 13.3. The van der Waals surface area contributed by atoms with Gasteiger partial charge in [-0.1, -0.05) is 54.6 Å². The molecule has 4 nitrogen and oxygen atoms in total. The molecule has 0 spiro atoms. The van der Waals surface area contributed by atoms with E-state index in [0.717, 1.165) is 52.5 Å². The second kappa shape index (κ2) is 8.98. The molecule has 0 aromatic heterocycles. The third kappa shape index (κ3) is 4.77. The molecular weight excluding hydrogens is 336 g/mol. The van der Waals surface area contributed by atoms with Crippen molar-refractivity contribution < 1.29 is 9.84 Å². The zero-order chi connectivity index (χ0) is 18.5. The predicted octanol–water partition coefficient (Wildman–Crippen LogP) is 2.73. The third-order valence-electron chi connectivity index (χ3n) is 5.95. The minimum absolute atomic E-state index is 0.290. The van der Waals surface area contributed by atoms with Crippen LogP contribution in [0.4, 0.5) is 0 Å². The molecule has 0 unspecified atom stereocenters. The van der Waals surface area contributed by atoms with Gasteiger partial charge in [0.25, 0.3) is 0 Å². The van der Waals surface area contributed by atoms with Crippen LogP contribution in [0.25, 0.3) is 11.1 Å². The summed E-state index contributed by atoms with van der Waals surface area (Å²) in [6, 6.07) is 19.4. The van der Waals surface area contributed by atoms with E-state index in [1.165, 1.54) is 16.7 Å². The summed E-state index contributed by atoms with van der Waals surface area (Å²) < 4.78 is 5.46. The third-order valence-corrected chi connectivity index (χ3v) is 5.95. The highest BCUT2D eigenvalue weighted by atomic mass is 16.5. The molecule has 2 heterocycles. The Kier molecular flexibility index (Phi) is 6.20. The molecule has 0 aliphatic carbocycles. The van der Waals surface area contributed by atoms with Gasteiger partial charge >= 0.3 is 0 Å². The average molecular weight is 367 g/mol. The van der Waals surface area contributed by atoms with Crippen molar-refractivity contribution in [3.05, 3.63) is 60.2 Å². The number of rotatable bonds is 6. The summed E-state index contributed by atoms with van der Waals surface area (Å²) in [5.74, 6) is 0.938. The highest BCUT2D eigenvalue weighted by molar-refractivity contribution is 5.63. The van der Waals surface area contributed by atoms with E-state index in [4.69, 9.17) is 4.74 Å². The normalized spacial score (nSPS) is 24.3. The highest BCUT2D eigenvalue weighted by Gasteiger charge is 2.33. The van der Waals surface area contributed by atoms with Gasteiger partial charge in [0.05, 0.1) is 13.2 Å². The summed E-state index contributed by atoms with van der Waals surface area (Å²) in [4.78, 5) is 5.00. The quantitative estimate of drug-likeness (QED) is 0.853. The molecular formula is C23H30N2O2. The number of ether oxygens (including phenoxy) is 1. The van der Waals surface area contributed by atoms with Crippen LogP contribution in [0.15, 0.2) is 54.6 Å². The number of aliphatic hydroxyl groups is 1. The van der Waals surface area contributed by atoms with Gasteiger partial charge in [-0.05, 0) is 28.5 Å². The first-order valence-corrected chi connectivity index (χ1v) is 10.1. The van der Waals surface area contributed by atoms with Gasteiger partial charge in [0.2, 0.25) is 0 Å². The molecule has 2 atom stereocenters. The molecule has 0 radical (unpaired) electrons. The molecule has 4 rings (SSSR count). The summed E-state index contributed by atoms with van der Waals surface area (Å²) in [5.41, 5.74) is 3.87. The van der Waals surface area contributed by atoms with Crippen LogP contribution in [-0.2, 0) is 11.3 Å². The van der Waals surface area contributed by atoms with Crippen LogP contribution in [0, 0.1) is 11.8 Å². The van der Waals surface area contributed by atoms with E-state index in [1.54, 1.807) is 0 Å². The number of hydrogen-bond donors (Lipinski definition) is 1. The van der Waals surface area contributed by atoms with E-state index in [9.17, 15) is 5.11 Å². The summed E-state index contributed by atoms with van der Waals surface area (Å²) in [5, 5.41) is 9.84. The van der Waals surface area contributed by atoms with Gasteiger partial charge in [0.1, 0.15) is 0 Å². The van der Waals surface area contributed by atoms with Gasteiger partial charge in [-0.2, -0.15) is 0 Å². The van der Waals surface area contributed by atoms with Crippen molar-refractivity contribution in [2.24, 2.45) is 11.8 Å². The van der Waals surface area contributed by atoms with E-state index < -0.39 is 0 Å². The Labute approximate surface area is 162 Å². The Balaban J connectivity index is 1.35. The zero-order valence-corrected chi connectivity index (χ0v) is 16.0. The van der Waals surface area contributed by atoms with Crippen molar-refractivity contribution in [2.75, 3.05) is 52.5 Å². The van der Waals surface area contributed by atoms with Gasteiger partial charge in [-0.25, -0.2) is 0 Å². The fraction of sp³-hybridized carbons (Fsp3) is 0.478. The lowest BCUT2D eigenvalue weighted by molar-refractivity contribution is 0.0264. The van der Waals surface area contributed by atoms with E-state index in [-0.39, 0.29) is 0 Å². The number of benzene rings is 2. The Morgan fingerprint density at radius 1 is 0.815 bits per heavy atom. The number of hydrogen-bond acceptors (Lipinski definition) is 4. The van der Waals surface area contributed by atoms with Crippen LogP contribution in [0.3, 0.4) is 0 Å². The van der Waals surface area contributed by atoms with Crippen molar-refractivity contribution in [1.29, 1.82) is 0 Å². The lowest BCUT2D eigenvalue weighted by atomic mass is 9.96. The fourth-order valence-corrected chi connectivity index (χ4v) is 4.39. The summed E-state index contributed by atoms with van der Waals surface area (Å²) in [6.45, 7) is 8.13. The van der Waals surface area contributed by atoms with E-state index >= 15 is 0 Å². The van der Waals surface area contributed by atoms with E-state index in [0.29, 0.717) is 18.4 Å². The summed E-state index contributed by atoms with van der Waals surface area (Å²) in [7, 11) is 0. The molecule has 2 fully saturated rings. The number of aliphatic hydroxyl groups excluding tert-OH is 1. The molecule has 2 saturated heterocycles. The SMILES string of the molecule is OC[C@H]1CN(Cc2ccc(-c3ccccc3)cc2)C[C@H]1CN1CCOCC1. The molecule has 2 aromatic rings. The van der Waals surface area contributed by atoms with Crippen molar-refractivity contribution in [1.82, 2.24) is 9.80 Å². The van der Waals surface area contributed by atoms with E-state index in [2.05, 4.69) is 64.4 Å². The molecule has 2 aromatic carbocycles. The second-order valence-corrected chi connectivity index (χ2v) is 7.87. The first kappa shape index (κ1) is 18.6. The van der Waals surface area contributed by atoms with Crippen LogP contribution in [0.1, 0.15) is 5.56 Å². The Bertz CT molecular complexity index is 698. The minimum Gasteiger partial charge on any atom is -0.396 e. The number of nitrogens with zero attached hydrogens (tertiary/aromatic N) is 2. The van der Waals surface area contributed by atoms with Crippen molar-refractivity contribution in [3.63, 3.8) is 0 Å². The maximum atomic E-state index is 9.84. The first-order valence-electron chi connectivity index (χ1n) is 10.1. The molecule has 2 aliphatic rings. The standard InChI is InChI=1S/C23H30N2O2/c26-18-23-17-25(16-22(23)15-24-10-12-27-13-11-24)14-19-6-8-21(9-7-19)20-4-2-1-3-5-20/h1-9,22-23,26H,10-18H2/t22-,23-/m1/s1.